The normalized spacial score (nSPS) is 17.8. The lowest BCUT2D eigenvalue weighted by molar-refractivity contribution is -0.0301. The number of amides is 1. The summed E-state index contributed by atoms with van der Waals surface area (Å²) in [7, 11) is 0. The fraction of sp³-hybridized carbons (Fsp3) is 0.417. The first-order valence-electron chi connectivity index (χ1n) is 11.3. The molecular weight excluding hydrogens is 456 g/mol. The van der Waals surface area contributed by atoms with Gasteiger partial charge < -0.3 is 21.5 Å². The van der Waals surface area contributed by atoms with Crippen molar-refractivity contribution in [2.24, 2.45) is 0 Å². The minimum Gasteiger partial charge on any atom is -0.389 e. The molecule has 1 aromatic carbocycles. The van der Waals surface area contributed by atoms with Crippen LogP contribution in [0.15, 0.2) is 36.8 Å². The van der Waals surface area contributed by atoms with Crippen LogP contribution in [-0.2, 0) is 6.54 Å². The van der Waals surface area contributed by atoms with E-state index in [1.807, 2.05) is 31.3 Å². The molecule has 1 saturated heterocycles. The SMILES string of the molecule is Cc1ccc(-c2cnn(CC(C)(C)O)c2)cc1-c1cnc(N)c(C(=O)N[C@@H]2CNCC(F)(F)C2)n1. The average molecular weight is 486 g/mol. The molecule has 0 unspecified atom stereocenters. The molecule has 4 rings (SSSR count). The van der Waals surface area contributed by atoms with Gasteiger partial charge in [0.2, 0.25) is 0 Å². The van der Waals surface area contributed by atoms with Gasteiger partial charge in [-0.1, -0.05) is 12.1 Å². The van der Waals surface area contributed by atoms with Gasteiger partial charge in [0, 0.05) is 36.3 Å². The van der Waals surface area contributed by atoms with Crippen LogP contribution in [0.4, 0.5) is 14.6 Å². The van der Waals surface area contributed by atoms with Crippen molar-refractivity contribution in [3.05, 3.63) is 48.0 Å². The molecule has 11 heteroatoms. The number of halogens is 2. The Kier molecular flexibility index (Phi) is 6.56. The molecule has 1 amide bonds. The molecular formula is C24H29F2N7O2. The lowest BCUT2D eigenvalue weighted by Crippen LogP contribution is -2.53. The van der Waals surface area contributed by atoms with Gasteiger partial charge >= 0.3 is 0 Å². The highest BCUT2D eigenvalue weighted by atomic mass is 19.3. The zero-order valence-electron chi connectivity index (χ0n) is 19.8. The number of alkyl halides is 2. The maximum atomic E-state index is 13.7. The summed E-state index contributed by atoms with van der Waals surface area (Å²) in [5.74, 6) is -3.63. The van der Waals surface area contributed by atoms with Gasteiger partial charge in [-0.15, -0.1) is 0 Å². The number of nitrogens with zero attached hydrogens (tertiary/aromatic N) is 4. The number of nitrogen functional groups attached to an aromatic ring is 1. The second kappa shape index (κ2) is 9.31. The summed E-state index contributed by atoms with van der Waals surface area (Å²) in [5.41, 5.74) is 8.69. The number of benzene rings is 1. The van der Waals surface area contributed by atoms with E-state index in [1.54, 1.807) is 24.7 Å². The van der Waals surface area contributed by atoms with E-state index in [1.165, 1.54) is 6.20 Å². The molecule has 1 atom stereocenters. The van der Waals surface area contributed by atoms with Crippen LogP contribution in [0.1, 0.15) is 36.3 Å². The number of hydrogen-bond acceptors (Lipinski definition) is 7. The number of carbonyl (C=O) groups is 1. The quantitative estimate of drug-likeness (QED) is 0.422. The van der Waals surface area contributed by atoms with E-state index in [4.69, 9.17) is 5.73 Å². The largest absolute Gasteiger partial charge is 0.389 e. The van der Waals surface area contributed by atoms with Crippen molar-refractivity contribution in [1.29, 1.82) is 0 Å². The van der Waals surface area contributed by atoms with Crippen LogP contribution in [0, 0.1) is 6.92 Å². The lowest BCUT2D eigenvalue weighted by Gasteiger charge is -2.30. The van der Waals surface area contributed by atoms with Crippen LogP contribution < -0.4 is 16.4 Å². The van der Waals surface area contributed by atoms with E-state index in [0.29, 0.717) is 12.2 Å². The highest BCUT2D eigenvalue weighted by Crippen LogP contribution is 2.29. The number of anilines is 1. The molecule has 3 heterocycles. The number of hydrogen-bond donors (Lipinski definition) is 4. The van der Waals surface area contributed by atoms with Crippen molar-refractivity contribution in [1.82, 2.24) is 30.4 Å². The number of piperidine rings is 1. The maximum Gasteiger partial charge on any atom is 0.274 e. The Morgan fingerprint density at radius 3 is 2.83 bits per heavy atom. The van der Waals surface area contributed by atoms with Gasteiger partial charge in [0.15, 0.2) is 11.5 Å². The maximum absolute atomic E-state index is 13.7. The topological polar surface area (TPSA) is 131 Å². The predicted molar refractivity (Wildman–Crippen MR) is 128 cm³/mol. The van der Waals surface area contributed by atoms with Gasteiger partial charge in [0.05, 0.1) is 36.8 Å². The Morgan fingerprint density at radius 2 is 2.11 bits per heavy atom. The van der Waals surface area contributed by atoms with Crippen molar-refractivity contribution < 1.29 is 18.7 Å². The van der Waals surface area contributed by atoms with Gasteiger partial charge in [-0.05, 0) is 38.0 Å². The first-order chi connectivity index (χ1) is 16.4. The van der Waals surface area contributed by atoms with Crippen molar-refractivity contribution in [3.8, 4) is 22.4 Å². The first-order valence-corrected chi connectivity index (χ1v) is 11.3. The molecule has 0 saturated carbocycles. The molecule has 2 aromatic heterocycles. The van der Waals surface area contributed by atoms with Crippen molar-refractivity contribution in [2.75, 3.05) is 18.8 Å². The molecule has 1 aliphatic heterocycles. The lowest BCUT2D eigenvalue weighted by atomic mass is 9.99. The average Bonchev–Trinajstić information content (AvgIpc) is 3.20. The minimum atomic E-state index is -2.90. The van der Waals surface area contributed by atoms with E-state index in [0.717, 1.165) is 22.3 Å². The summed E-state index contributed by atoms with van der Waals surface area (Å²) in [6.45, 7) is 5.49. The molecule has 0 radical (unpaired) electrons. The van der Waals surface area contributed by atoms with Crippen LogP contribution >= 0.6 is 0 Å². The van der Waals surface area contributed by atoms with Crippen molar-refractivity contribution >= 4 is 11.7 Å². The summed E-state index contributed by atoms with van der Waals surface area (Å²) < 4.78 is 29.1. The first kappa shape index (κ1) is 24.7. The Hall–Kier alpha value is -3.44. The number of rotatable bonds is 6. The predicted octanol–water partition coefficient (Wildman–Crippen LogP) is 2.40. The zero-order chi connectivity index (χ0) is 25.4. The van der Waals surface area contributed by atoms with Crippen LogP contribution in [0.3, 0.4) is 0 Å². The number of aromatic nitrogens is 4. The van der Waals surface area contributed by atoms with E-state index in [2.05, 4.69) is 25.7 Å². The van der Waals surface area contributed by atoms with Gasteiger partial charge in [-0.25, -0.2) is 18.7 Å². The molecule has 5 N–H and O–H groups in total. The van der Waals surface area contributed by atoms with Crippen molar-refractivity contribution in [2.45, 2.75) is 51.3 Å². The van der Waals surface area contributed by atoms with Gasteiger partial charge in [-0.2, -0.15) is 5.10 Å². The Morgan fingerprint density at radius 1 is 1.34 bits per heavy atom. The summed E-state index contributed by atoms with van der Waals surface area (Å²) >= 11 is 0. The zero-order valence-corrected chi connectivity index (χ0v) is 19.8. The fourth-order valence-corrected chi connectivity index (χ4v) is 4.06. The highest BCUT2D eigenvalue weighted by molar-refractivity contribution is 5.97. The molecule has 0 aliphatic carbocycles. The van der Waals surface area contributed by atoms with Crippen molar-refractivity contribution in [3.63, 3.8) is 0 Å². The van der Waals surface area contributed by atoms with E-state index >= 15 is 0 Å². The Bertz CT molecular complexity index is 1240. The number of aryl methyl sites for hydroxylation is 1. The molecule has 0 bridgehead atoms. The van der Waals surface area contributed by atoms with Crippen LogP contribution in [-0.4, -0.2) is 61.4 Å². The number of nitrogens with one attached hydrogen (secondary N) is 2. The van der Waals surface area contributed by atoms with E-state index in [9.17, 15) is 18.7 Å². The minimum absolute atomic E-state index is 0.0801. The Labute approximate surface area is 201 Å². The molecule has 1 fully saturated rings. The standard InChI is InChI=1S/C24H29F2N7O2/c1-14-4-5-15(16-8-30-33(11-16)13-23(2,3)35)6-18(14)19-10-29-21(27)20(32-19)22(34)31-17-7-24(25,26)12-28-9-17/h4-6,8,10-11,17,28,35H,7,9,12-13H2,1-3H3,(H2,27,29)(H,31,34)/t17-/m0/s1. The third kappa shape index (κ3) is 5.98. The smallest absolute Gasteiger partial charge is 0.274 e. The van der Waals surface area contributed by atoms with E-state index < -0.39 is 36.4 Å². The van der Waals surface area contributed by atoms with Gasteiger partial charge in [-0.3, -0.25) is 9.48 Å². The molecule has 35 heavy (non-hydrogen) atoms. The van der Waals surface area contributed by atoms with Crippen LogP contribution in [0.5, 0.6) is 0 Å². The van der Waals surface area contributed by atoms with Crippen LogP contribution in [0.25, 0.3) is 22.4 Å². The third-order valence-electron chi connectivity index (χ3n) is 5.70. The highest BCUT2D eigenvalue weighted by Gasteiger charge is 2.37. The summed E-state index contributed by atoms with van der Waals surface area (Å²) in [5, 5.41) is 19.6. The van der Waals surface area contributed by atoms with Gasteiger partial charge in [0.1, 0.15) is 0 Å². The molecule has 186 valence electrons. The molecule has 1 aliphatic rings. The monoisotopic (exact) mass is 485 g/mol. The van der Waals surface area contributed by atoms with Gasteiger partial charge in [0.25, 0.3) is 11.8 Å². The van der Waals surface area contributed by atoms with E-state index in [-0.39, 0.29) is 18.1 Å². The molecule has 0 spiro atoms. The number of aliphatic hydroxyl groups is 1. The molecule has 3 aromatic rings. The number of carbonyl (C=O) groups excluding carboxylic acids is 1. The second-order valence-electron chi connectivity index (χ2n) is 9.62. The third-order valence-corrected chi connectivity index (χ3v) is 5.70. The van der Waals surface area contributed by atoms with Crippen LogP contribution in [0.2, 0.25) is 0 Å². The fourth-order valence-electron chi connectivity index (χ4n) is 4.06. The second-order valence-corrected chi connectivity index (χ2v) is 9.62. The number of nitrogens with two attached hydrogens (primary N) is 1. The Balaban J connectivity index is 1.60. The summed E-state index contributed by atoms with van der Waals surface area (Å²) in [4.78, 5) is 21.4. The molecule has 9 nitrogen and oxygen atoms in total. The summed E-state index contributed by atoms with van der Waals surface area (Å²) in [6.07, 6.45) is 4.57. The summed E-state index contributed by atoms with van der Waals surface area (Å²) in [6, 6.07) is 5.03.